The molecule has 1 N–H and O–H groups in total. The average Bonchev–Trinajstić information content (AvgIpc) is 3.11. The molecule has 0 spiro atoms. The standard InChI is InChI=1S/C19H26N4O3S/c1-27(25,26)22-12-9-14(10-13-22)19(24)23-11-5-4-8-17(23)18-20-15-6-2-3-7-16(15)21-18/h2-3,6-7,14,17H,4-5,8-13H2,1H3,(H,20,21)/t17-/m1/s1. The number of para-hydroxylation sites is 2. The van der Waals surface area contributed by atoms with E-state index in [9.17, 15) is 13.2 Å². The van der Waals surface area contributed by atoms with Crippen molar-refractivity contribution in [2.24, 2.45) is 5.92 Å². The number of hydrogen-bond donors (Lipinski definition) is 1. The van der Waals surface area contributed by atoms with Crippen LogP contribution in [-0.4, -0.2) is 59.4 Å². The lowest BCUT2D eigenvalue weighted by Crippen LogP contribution is -2.46. The molecule has 1 aromatic carbocycles. The van der Waals surface area contributed by atoms with Gasteiger partial charge < -0.3 is 9.88 Å². The van der Waals surface area contributed by atoms with Gasteiger partial charge in [-0.3, -0.25) is 4.79 Å². The fourth-order valence-electron chi connectivity index (χ4n) is 4.28. The third-order valence-electron chi connectivity index (χ3n) is 5.78. The number of likely N-dealkylation sites (tertiary alicyclic amines) is 1. The number of hydrogen-bond acceptors (Lipinski definition) is 4. The molecule has 2 fully saturated rings. The molecule has 4 rings (SSSR count). The molecule has 8 heteroatoms. The number of imidazole rings is 1. The third kappa shape index (κ3) is 3.73. The Morgan fingerprint density at radius 2 is 1.85 bits per heavy atom. The summed E-state index contributed by atoms with van der Waals surface area (Å²) >= 11 is 0. The van der Waals surface area contributed by atoms with Gasteiger partial charge in [0.05, 0.1) is 23.3 Å². The zero-order valence-corrected chi connectivity index (χ0v) is 16.4. The predicted octanol–water partition coefficient (Wildman–Crippen LogP) is 2.29. The molecule has 1 atom stereocenters. The van der Waals surface area contributed by atoms with Crippen LogP contribution in [0.1, 0.15) is 44.0 Å². The quantitative estimate of drug-likeness (QED) is 0.871. The van der Waals surface area contributed by atoms with Gasteiger partial charge in [-0.05, 0) is 44.2 Å². The number of sulfonamides is 1. The SMILES string of the molecule is CS(=O)(=O)N1CCC(C(=O)N2CCCC[C@@H]2c2nc3ccccc3[nH]2)CC1. The smallest absolute Gasteiger partial charge is 0.226 e. The van der Waals surface area contributed by atoms with E-state index in [-0.39, 0.29) is 17.9 Å². The lowest BCUT2D eigenvalue weighted by atomic mass is 9.93. The lowest BCUT2D eigenvalue weighted by Gasteiger charge is -2.38. The highest BCUT2D eigenvalue weighted by molar-refractivity contribution is 7.88. The van der Waals surface area contributed by atoms with Gasteiger partial charge in [0, 0.05) is 25.6 Å². The van der Waals surface area contributed by atoms with Gasteiger partial charge >= 0.3 is 0 Å². The summed E-state index contributed by atoms with van der Waals surface area (Å²) in [6, 6.07) is 7.90. The summed E-state index contributed by atoms with van der Waals surface area (Å²) in [5, 5.41) is 0. The summed E-state index contributed by atoms with van der Waals surface area (Å²) in [4.78, 5) is 23.3. The van der Waals surface area contributed by atoms with Gasteiger partial charge in [0.2, 0.25) is 15.9 Å². The van der Waals surface area contributed by atoms with Gasteiger partial charge in [-0.1, -0.05) is 12.1 Å². The summed E-state index contributed by atoms with van der Waals surface area (Å²) in [5.41, 5.74) is 1.92. The molecule has 0 saturated carbocycles. The van der Waals surface area contributed by atoms with E-state index in [1.165, 1.54) is 10.6 Å². The van der Waals surface area contributed by atoms with Crippen LogP contribution in [0.4, 0.5) is 0 Å². The van der Waals surface area contributed by atoms with E-state index in [1.807, 2.05) is 29.2 Å². The number of aromatic nitrogens is 2. The monoisotopic (exact) mass is 390 g/mol. The minimum absolute atomic E-state index is 0.0217. The predicted molar refractivity (Wildman–Crippen MR) is 104 cm³/mol. The number of nitrogens with one attached hydrogen (secondary N) is 1. The van der Waals surface area contributed by atoms with Crippen LogP contribution in [0.5, 0.6) is 0 Å². The molecule has 0 radical (unpaired) electrons. The van der Waals surface area contributed by atoms with Crippen LogP contribution in [0.25, 0.3) is 11.0 Å². The number of piperidine rings is 2. The van der Waals surface area contributed by atoms with Gasteiger partial charge in [-0.15, -0.1) is 0 Å². The third-order valence-corrected chi connectivity index (χ3v) is 7.08. The van der Waals surface area contributed by atoms with Crippen molar-refractivity contribution in [1.82, 2.24) is 19.2 Å². The first-order valence-corrected chi connectivity index (χ1v) is 11.5. The molecule has 146 valence electrons. The molecular formula is C19H26N4O3S. The number of rotatable bonds is 3. The summed E-state index contributed by atoms with van der Waals surface area (Å²) in [7, 11) is -3.18. The highest BCUT2D eigenvalue weighted by Gasteiger charge is 2.36. The normalized spacial score (nSPS) is 23.0. The molecule has 7 nitrogen and oxygen atoms in total. The number of carbonyl (C=O) groups is 1. The zero-order valence-electron chi connectivity index (χ0n) is 15.6. The van der Waals surface area contributed by atoms with Crippen LogP contribution in [0.15, 0.2) is 24.3 Å². The maximum atomic E-state index is 13.2. The van der Waals surface area contributed by atoms with E-state index in [2.05, 4.69) is 4.98 Å². The molecule has 1 amide bonds. The summed E-state index contributed by atoms with van der Waals surface area (Å²) in [6.45, 7) is 1.60. The van der Waals surface area contributed by atoms with Gasteiger partial charge in [0.15, 0.2) is 0 Å². The molecule has 2 aliphatic heterocycles. The molecule has 2 saturated heterocycles. The van der Waals surface area contributed by atoms with Crippen molar-refractivity contribution in [2.75, 3.05) is 25.9 Å². The van der Waals surface area contributed by atoms with E-state index in [0.29, 0.717) is 25.9 Å². The van der Waals surface area contributed by atoms with Gasteiger partial charge in [0.25, 0.3) is 0 Å². The molecule has 0 bridgehead atoms. The molecular weight excluding hydrogens is 364 g/mol. The molecule has 2 aliphatic rings. The maximum absolute atomic E-state index is 13.2. The average molecular weight is 391 g/mol. The molecule has 0 unspecified atom stereocenters. The number of carbonyl (C=O) groups excluding carboxylic acids is 1. The minimum atomic E-state index is -3.18. The fraction of sp³-hybridized carbons (Fsp3) is 0.579. The van der Waals surface area contributed by atoms with E-state index in [0.717, 1.165) is 42.7 Å². The number of nitrogens with zero attached hydrogens (tertiary/aromatic N) is 3. The fourth-order valence-corrected chi connectivity index (χ4v) is 5.15. The Balaban J connectivity index is 1.51. The number of H-pyrrole nitrogens is 1. The zero-order chi connectivity index (χ0) is 19.0. The second-order valence-corrected chi connectivity index (χ2v) is 9.60. The largest absolute Gasteiger partial charge is 0.340 e. The van der Waals surface area contributed by atoms with E-state index in [1.54, 1.807) is 0 Å². The summed E-state index contributed by atoms with van der Waals surface area (Å²) in [6.07, 6.45) is 5.41. The first kappa shape index (κ1) is 18.4. The van der Waals surface area contributed by atoms with E-state index in [4.69, 9.17) is 4.98 Å². The highest BCUT2D eigenvalue weighted by Crippen LogP contribution is 2.33. The molecule has 0 aliphatic carbocycles. The molecule has 27 heavy (non-hydrogen) atoms. The van der Waals surface area contributed by atoms with Gasteiger partial charge in [-0.25, -0.2) is 17.7 Å². The lowest BCUT2D eigenvalue weighted by molar-refractivity contribution is -0.141. The van der Waals surface area contributed by atoms with Crippen molar-refractivity contribution < 1.29 is 13.2 Å². The summed E-state index contributed by atoms with van der Waals surface area (Å²) in [5.74, 6) is 0.902. The number of amides is 1. The van der Waals surface area contributed by atoms with Crippen molar-refractivity contribution >= 4 is 27.0 Å². The highest BCUT2D eigenvalue weighted by atomic mass is 32.2. The Kier molecular flexibility index (Phi) is 4.94. The van der Waals surface area contributed by atoms with E-state index < -0.39 is 10.0 Å². The Bertz CT molecular complexity index is 898. The van der Waals surface area contributed by atoms with Crippen LogP contribution in [0.3, 0.4) is 0 Å². The molecule has 3 heterocycles. The molecule has 1 aromatic heterocycles. The van der Waals surface area contributed by atoms with Crippen molar-refractivity contribution in [1.29, 1.82) is 0 Å². The van der Waals surface area contributed by atoms with Crippen LogP contribution in [0.2, 0.25) is 0 Å². The number of benzene rings is 1. The van der Waals surface area contributed by atoms with Crippen LogP contribution < -0.4 is 0 Å². The Labute approximate surface area is 159 Å². The van der Waals surface area contributed by atoms with Crippen LogP contribution in [0, 0.1) is 5.92 Å². The summed E-state index contributed by atoms with van der Waals surface area (Å²) < 4.78 is 24.9. The minimum Gasteiger partial charge on any atom is -0.340 e. The van der Waals surface area contributed by atoms with Crippen molar-refractivity contribution in [3.05, 3.63) is 30.1 Å². The van der Waals surface area contributed by atoms with Crippen molar-refractivity contribution in [3.63, 3.8) is 0 Å². The van der Waals surface area contributed by atoms with Crippen molar-refractivity contribution in [2.45, 2.75) is 38.1 Å². The topological polar surface area (TPSA) is 86.4 Å². The van der Waals surface area contributed by atoms with E-state index >= 15 is 0 Å². The first-order valence-electron chi connectivity index (χ1n) is 9.64. The molecule has 2 aromatic rings. The maximum Gasteiger partial charge on any atom is 0.226 e. The first-order chi connectivity index (χ1) is 12.9. The van der Waals surface area contributed by atoms with Crippen molar-refractivity contribution in [3.8, 4) is 0 Å². The second-order valence-electron chi connectivity index (χ2n) is 7.62. The Morgan fingerprint density at radius 3 is 2.56 bits per heavy atom. The van der Waals surface area contributed by atoms with Gasteiger partial charge in [0.1, 0.15) is 5.82 Å². The van der Waals surface area contributed by atoms with Crippen LogP contribution in [-0.2, 0) is 14.8 Å². The number of fused-ring (bicyclic) bond motifs is 1. The number of aromatic amines is 1. The second kappa shape index (κ2) is 7.24. The Hall–Kier alpha value is -1.93. The van der Waals surface area contributed by atoms with Gasteiger partial charge in [-0.2, -0.15) is 0 Å². The Morgan fingerprint density at radius 1 is 1.11 bits per heavy atom. The van der Waals surface area contributed by atoms with Crippen LogP contribution >= 0.6 is 0 Å².